The molecule has 0 radical (unpaired) electrons. The normalized spacial score (nSPS) is 13.2. The van der Waals surface area contributed by atoms with Crippen LogP contribution in [-0.4, -0.2) is 12.6 Å². The van der Waals surface area contributed by atoms with E-state index >= 15 is 0 Å². The summed E-state index contributed by atoms with van der Waals surface area (Å²) >= 11 is 0. The van der Waals surface area contributed by atoms with Crippen LogP contribution in [0.3, 0.4) is 0 Å². The van der Waals surface area contributed by atoms with Crippen molar-refractivity contribution >= 4 is 11.7 Å². The average molecular weight is 261 g/mol. The number of halogens is 3. The van der Waals surface area contributed by atoms with Crippen molar-refractivity contribution in [2.24, 2.45) is 0 Å². The minimum atomic E-state index is -4.44. The van der Waals surface area contributed by atoms with Crippen LogP contribution in [0.15, 0.2) is 18.2 Å². The summed E-state index contributed by atoms with van der Waals surface area (Å²) in [5, 5.41) is 0. The van der Waals surface area contributed by atoms with Crippen molar-refractivity contribution in [3.63, 3.8) is 0 Å². The van der Waals surface area contributed by atoms with Gasteiger partial charge in [0.05, 0.1) is 18.1 Å². The Bertz CT molecular complexity index is 443. The van der Waals surface area contributed by atoms with Gasteiger partial charge in [-0.15, -0.1) is 0 Å². The lowest BCUT2D eigenvalue weighted by Gasteiger charge is -2.15. The van der Waals surface area contributed by atoms with Gasteiger partial charge < -0.3 is 10.5 Å². The molecule has 0 amide bonds. The van der Waals surface area contributed by atoms with Crippen LogP contribution in [0.4, 0.5) is 18.9 Å². The molecule has 2 N–H and O–H groups in total. The molecule has 0 spiro atoms. The van der Waals surface area contributed by atoms with Gasteiger partial charge in [0.1, 0.15) is 0 Å². The first-order valence-corrected chi connectivity index (χ1v) is 5.40. The van der Waals surface area contributed by atoms with Crippen LogP contribution in [0, 0.1) is 0 Å². The van der Waals surface area contributed by atoms with Crippen LogP contribution in [0.1, 0.15) is 30.9 Å². The number of carbonyl (C=O) groups is 1. The Morgan fingerprint density at radius 1 is 1.44 bits per heavy atom. The monoisotopic (exact) mass is 261 g/mol. The quantitative estimate of drug-likeness (QED) is 0.672. The average Bonchev–Trinajstić information content (AvgIpc) is 2.27. The molecule has 1 unspecified atom stereocenters. The first kappa shape index (κ1) is 14.3. The topological polar surface area (TPSA) is 52.3 Å². The fourth-order valence-corrected chi connectivity index (χ4v) is 1.54. The molecule has 1 atom stereocenters. The third kappa shape index (κ3) is 3.15. The SMILES string of the molecule is CCOC(=O)C(C)c1ccc(C(F)(F)F)cc1N. The molecule has 0 aliphatic heterocycles. The Hall–Kier alpha value is -1.72. The molecule has 1 aromatic rings. The summed E-state index contributed by atoms with van der Waals surface area (Å²) in [6, 6.07) is 2.94. The summed E-state index contributed by atoms with van der Waals surface area (Å²) < 4.78 is 42.1. The van der Waals surface area contributed by atoms with Gasteiger partial charge in [-0.2, -0.15) is 13.2 Å². The number of benzene rings is 1. The predicted octanol–water partition coefficient (Wildman–Crippen LogP) is 2.95. The molecule has 0 aromatic heterocycles. The second-order valence-electron chi connectivity index (χ2n) is 3.82. The number of hydrogen-bond donors (Lipinski definition) is 1. The van der Waals surface area contributed by atoms with Crippen molar-refractivity contribution in [2.45, 2.75) is 25.9 Å². The zero-order chi connectivity index (χ0) is 13.9. The maximum Gasteiger partial charge on any atom is 0.416 e. The summed E-state index contributed by atoms with van der Waals surface area (Å²) in [5.74, 6) is -1.20. The van der Waals surface area contributed by atoms with Crippen molar-refractivity contribution < 1.29 is 22.7 Å². The second-order valence-corrected chi connectivity index (χ2v) is 3.82. The van der Waals surface area contributed by atoms with E-state index in [0.717, 1.165) is 12.1 Å². The molecule has 1 rings (SSSR count). The smallest absolute Gasteiger partial charge is 0.416 e. The van der Waals surface area contributed by atoms with Gasteiger partial charge in [0, 0.05) is 5.69 Å². The molecule has 0 bridgehead atoms. The van der Waals surface area contributed by atoms with E-state index in [-0.39, 0.29) is 12.3 Å². The highest BCUT2D eigenvalue weighted by molar-refractivity contribution is 5.80. The van der Waals surface area contributed by atoms with E-state index in [1.807, 2.05) is 0 Å². The molecule has 1 aromatic carbocycles. The molecule has 6 heteroatoms. The Kier molecular flexibility index (Phi) is 4.21. The van der Waals surface area contributed by atoms with Crippen LogP contribution in [0.25, 0.3) is 0 Å². The maximum absolute atomic E-state index is 12.4. The fourth-order valence-electron chi connectivity index (χ4n) is 1.54. The molecule has 0 heterocycles. The Balaban J connectivity index is 3.02. The summed E-state index contributed by atoms with van der Waals surface area (Å²) in [5.41, 5.74) is 4.98. The lowest BCUT2D eigenvalue weighted by Crippen LogP contribution is -2.15. The van der Waals surface area contributed by atoms with Gasteiger partial charge in [-0.05, 0) is 31.5 Å². The number of nitrogen functional groups attached to an aromatic ring is 1. The molecule has 3 nitrogen and oxygen atoms in total. The highest BCUT2D eigenvalue weighted by atomic mass is 19.4. The fraction of sp³-hybridized carbons (Fsp3) is 0.417. The highest BCUT2D eigenvalue weighted by Crippen LogP contribution is 2.33. The van der Waals surface area contributed by atoms with E-state index in [0.29, 0.717) is 5.56 Å². The van der Waals surface area contributed by atoms with Gasteiger partial charge in [-0.3, -0.25) is 4.79 Å². The number of ether oxygens (including phenoxy) is 1. The highest BCUT2D eigenvalue weighted by Gasteiger charge is 2.31. The standard InChI is InChI=1S/C12H14F3NO2/c1-3-18-11(17)7(2)9-5-4-8(6-10(9)16)12(13,14)15/h4-7H,3,16H2,1-2H3. The predicted molar refractivity (Wildman–Crippen MR) is 60.9 cm³/mol. The number of rotatable bonds is 3. The van der Waals surface area contributed by atoms with Crippen molar-refractivity contribution in [1.29, 1.82) is 0 Å². The molecule has 0 saturated carbocycles. The molecule has 0 aliphatic carbocycles. The lowest BCUT2D eigenvalue weighted by atomic mass is 9.97. The number of carbonyl (C=O) groups excluding carboxylic acids is 1. The van der Waals surface area contributed by atoms with Crippen molar-refractivity contribution in [3.8, 4) is 0 Å². The largest absolute Gasteiger partial charge is 0.466 e. The van der Waals surface area contributed by atoms with E-state index in [1.54, 1.807) is 6.92 Å². The molecular formula is C12H14F3NO2. The number of anilines is 1. The van der Waals surface area contributed by atoms with Gasteiger partial charge >= 0.3 is 12.1 Å². The van der Waals surface area contributed by atoms with E-state index in [9.17, 15) is 18.0 Å². The molecule has 0 saturated heterocycles. The Labute approximate surface area is 103 Å². The zero-order valence-electron chi connectivity index (χ0n) is 10.0. The van der Waals surface area contributed by atoms with Crippen LogP contribution in [-0.2, 0) is 15.7 Å². The van der Waals surface area contributed by atoms with Crippen molar-refractivity contribution in [3.05, 3.63) is 29.3 Å². The van der Waals surface area contributed by atoms with E-state index in [2.05, 4.69) is 0 Å². The van der Waals surface area contributed by atoms with Crippen molar-refractivity contribution in [2.75, 3.05) is 12.3 Å². The summed E-state index contributed by atoms with van der Waals surface area (Å²) in [7, 11) is 0. The zero-order valence-corrected chi connectivity index (χ0v) is 10.0. The van der Waals surface area contributed by atoms with Gasteiger partial charge in [0.15, 0.2) is 0 Å². The van der Waals surface area contributed by atoms with Gasteiger partial charge in [-0.1, -0.05) is 6.07 Å². The molecule has 100 valence electrons. The van der Waals surface area contributed by atoms with Crippen LogP contribution in [0.5, 0.6) is 0 Å². The number of alkyl halides is 3. The van der Waals surface area contributed by atoms with Crippen molar-refractivity contribution in [1.82, 2.24) is 0 Å². The van der Waals surface area contributed by atoms with Crippen LogP contribution in [0.2, 0.25) is 0 Å². The Morgan fingerprint density at radius 2 is 2.06 bits per heavy atom. The lowest BCUT2D eigenvalue weighted by molar-refractivity contribution is -0.144. The number of nitrogens with two attached hydrogens (primary N) is 1. The molecule has 0 fully saturated rings. The Morgan fingerprint density at radius 3 is 2.50 bits per heavy atom. The first-order chi connectivity index (χ1) is 8.27. The number of esters is 1. The minimum Gasteiger partial charge on any atom is -0.466 e. The van der Waals surface area contributed by atoms with Crippen LogP contribution >= 0.6 is 0 Å². The summed E-state index contributed by atoms with van der Waals surface area (Å²) in [6.07, 6.45) is -4.44. The molecular weight excluding hydrogens is 247 g/mol. The maximum atomic E-state index is 12.4. The van der Waals surface area contributed by atoms with Gasteiger partial charge in [0.2, 0.25) is 0 Å². The van der Waals surface area contributed by atoms with E-state index in [1.165, 1.54) is 13.0 Å². The van der Waals surface area contributed by atoms with Crippen LogP contribution < -0.4 is 5.73 Å². The number of hydrogen-bond acceptors (Lipinski definition) is 3. The first-order valence-electron chi connectivity index (χ1n) is 5.40. The van der Waals surface area contributed by atoms with Gasteiger partial charge in [-0.25, -0.2) is 0 Å². The molecule has 18 heavy (non-hydrogen) atoms. The summed E-state index contributed by atoms with van der Waals surface area (Å²) in [6.45, 7) is 3.40. The van der Waals surface area contributed by atoms with Gasteiger partial charge in [0.25, 0.3) is 0 Å². The van der Waals surface area contributed by atoms with E-state index < -0.39 is 23.6 Å². The van der Waals surface area contributed by atoms with E-state index in [4.69, 9.17) is 10.5 Å². The third-order valence-corrected chi connectivity index (χ3v) is 2.52. The minimum absolute atomic E-state index is 0.0645. The third-order valence-electron chi connectivity index (χ3n) is 2.52. The molecule has 0 aliphatic rings. The second kappa shape index (κ2) is 5.29. The summed E-state index contributed by atoms with van der Waals surface area (Å²) in [4.78, 5) is 11.5.